The molecule has 8 heteroatoms. The molecule has 0 aliphatic carbocycles. The predicted molar refractivity (Wildman–Crippen MR) is 87.7 cm³/mol. The summed E-state index contributed by atoms with van der Waals surface area (Å²) >= 11 is 5.14. The number of aromatic nitrogens is 2. The second-order valence-corrected chi connectivity index (χ2v) is 5.32. The molecular weight excluding hydrogens is 325 g/mol. The Morgan fingerprint density at radius 1 is 1.35 bits per heavy atom. The third kappa shape index (κ3) is 4.69. The first-order valence-corrected chi connectivity index (χ1v) is 7.58. The Balaban J connectivity index is 2.28. The molecule has 0 aliphatic heterocycles. The van der Waals surface area contributed by atoms with Gasteiger partial charge >= 0.3 is 6.18 Å². The van der Waals surface area contributed by atoms with Crippen molar-refractivity contribution in [2.24, 2.45) is 0 Å². The lowest BCUT2D eigenvalue weighted by Crippen LogP contribution is -2.29. The second kappa shape index (κ2) is 7.45. The summed E-state index contributed by atoms with van der Waals surface area (Å²) in [5.74, 6) is 0. The van der Waals surface area contributed by atoms with E-state index in [1.165, 1.54) is 10.7 Å². The number of unbranched alkanes of at least 4 members (excludes halogenated alkanes) is 1. The van der Waals surface area contributed by atoms with Gasteiger partial charge in [-0.05, 0) is 42.9 Å². The van der Waals surface area contributed by atoms with E-state index in [9.17, 15) is 13.2 Å². The van der Waals surface area contributed by atoms with Gasteiger partial charge in [0.25, 0.3) is 0 Å². The number of benzene rings is 1. The molecule has 2 rings (SSSR count). The van der Waals surface area contributed by atoms with Crippen molar-refractivity contribution in [2.45, 2.75) is 25.9 Å². The maximum absolute atomic E-state index is 12.9. The van der Waals surface area contributed by atoms with Crippen molar-refractivity contribution in [2.75, 3.05) is 11.9 Å². The van der Waals surface area contributed by atoms with Gasteiger partial charge in [0.15, 0.2) is 5.11 Å². The van der Waals surface area contributed by atoms with Gasteiger partial charge in [0.2, 0.25) is 0 Å². The van der Waals surface area contributed by atoms with Crippen LogP contribution in [0, 0.1) is 0 Å². The van der Waals surface area contributed by atoms with Crippen LogP contribution in [-0.4, -0.2) is 21.4 Å². The Morgan fingerprint density at radius 3 is 2.74 bits per heavy atom. The van der Waals surface area contributed by atoms with Crippen molar-refractivity contribution in [3.8, 4) is 5.69 Å². The van der Waals surface area contributed by atoms with E-state index in [4.69, 9.17) is 12.2 Å². The Bertz CT molecular complexity index is 653. The summed E-state index contributed by atoms with van der Waals surface area (Å²) in [4.78, 5) is 0. The van der Waals surface area contributed by atoms with Crippen LogP contribution in [0.2, 0.25) is 0 Å². The van der Waals surface area contributed by atoms with E-state index in [-0.39, 0.29) is 10.8 Å². The van der Waals surface area contributed by atoms with E-state index in [1.807, 2.05) is 6.92 Å². The summed E-state index contributed by atoms with van der Waals surface area (Å²) in [7, 11) is 0. The standard InChI is InChI=1S/C15H17F3N4S/c1-2-3-7-19-14(23)21-12-10-11(15(16,17)18)5-6-13(12)22-9-4-8-20-22/h4-6,8-10H,2-3,7H2,1H3,(H2,19,21,23). The molecule has 4 nitrogen and oxygen atoms in total. The summed E-state index contributed by atoms with van der Waals surface area (Å²) in [6.07, 6.45) is 0.713. The van der Waals surface area contributed by atoms with Crippen LogP contribution >= 0.6 is 12.2 Å². The third-order valence-electron chi connectivity index (χ3n) is 3.14. The van der Waals surface area contributed by atoms with Crippen LogP contribution < -0.4 is 10.6 Å². The zero-order chi connectivity index (χ0) is 16.9. The van der Waals surface area contributed by atoms with Crippen LogP contribution in [-0.2, 0) is 6.18 Å². The van der Waals surface area contributed by atoms with E-state index in [0.29, 0.717) is 12.2 Å². The van der Waals surface area contributed by atoms with E-state index < -0.39 is 11.7 Å². The van der Waals surface area contributed by atoms with E-state index in [2.05, 4.69) is 15.7 Å². The van der Waals surface area contributed by atoms with Crippen LogP contribution in [0.3, 0.4) is 0 Å². The smallest absolute Gasteiger partial charge is 0.362 e. The van der Waals surface area contributed by atoms with Gasteiger partial charge in [-0.25, -0.2) is 4.68 Å². The van der Waals surface area contributed by atoms with Gasteiger partial charge in [-0.2, -0.15) is 18.3 Å². The van der Waals surface area contributed by atoms with Gasteiger partial charge in [-0.1, -0.05) is 13.3 Å². The molecule has 1 aromatic heterocycles. The van der Waals surface area contributed by atoms with E-state index in [0.717, 1.165) is 25.0 Å². The second-order valence-electron chi connectivity index (χ2n) is 4.91. The fourth-order valence-corrected chi connectivity index (χ4v) is 2.18. The lowest BCUT2D eigenvalue weighted by molar-refractivity contribution is -0.137. The van der Waals surface area contributed by atoms with Gasteiger partial charge in [0, 0.05) is 18.9 Å². The van der Waals surface area contributed by atoms with Crippen molar-refractivity contribution in [1.29, 1.82) is 0 Å². The maximum Gasteiger partial charge on any atom is 0.416 e. The van der Waals surface area contributed by atoms with Gasteiger partial charge in [-0.3, -0.25) is 0 Å². The van der Waals surface area contributed by atoms with E-state index >= 15 is 0 Å². The molecule has 0 aliphatic rings. The monoisotopic (exact) mass is 342 g/mol. The highest BCUT2D eigenvalue weighted by Gasteiger charge is 2.31. The molecule has 0 amide bonds. The summed E-state index contributed by atoms with van der Waals surface area (Å²) < 4.78 is 40.3. The van der Waals surface area contributed by atoms with Crippen molar-refractivity contribution in [3.63, 3.8) is 0 Å². The highest BCUT2D eigenvalue weighted by Crippen LogP contribution is 2.33. The molecule has 2 aromatic rings. The minimum absolute atomic E-state index is 0.248. The summed E-state index contributed by atoms with van der Waals surface area (Å²) in [6, 6.07) is 5.12. The number of rotatable bonds is 5. The zero-order valence-corrected chi connectivity index (χ0v) is 13.3. The van der Waals surface area contributed by atoms with Crippen LogP contribution in [0.5, 0.6) is 0 Å². The molecule has 0 bridgehead atoms. The summed E-state index contributed by atoms with van der Waals surface area (Å²) in [6.45, 7) is 2.71. The Labute approximate surface area is 137 Å². The third-order valence-corrected chi connectivity index (χ3v) is 3.39. The minimum atomic E-state index is -4.42. The van der Waals surface area contributed by atoms with Crippen molar-refractivity contribution in [1.82, 2.24) is 15.1 Å². The number of hydrogen-bond acceptors (Lipinski definition) is 2. The topological polar surface area (TPSA) is 41.9 Å². The normalized spacial score (nSPS) is 11.3. The molecule has 124 valence electrons. The Hall–Kier alpha value is -2.09. The molecular formula is C15H17F3N4S. The largest absolute Gasteiger partial charge is 0.416 e. The fraction of sp³-hybridized carbons (Fsp3) is 0.333. The van der Waals surface area contributed by atoms with Gasteiger partial charge in [0.05, 0.1) is 16.9 Å². The van der Waals surface area contributed by atoms with Crippen LogP contribution in [0.1, 0.15) is 25.3 Å². The highest BCUT2D eigenvalue weighted by molar-refractivity contribution is 7.80. The molecule has 23 heavy (non-hydrogen) atoms. The van der Waals surface area contributed by atoms with Crippen LogP contribution in [0.4, 0.5) is 18.9 Å². The number of anilines is 1. The lowest BCUT2D eigenvalue weighted by atomic mass is 10.1. The molecule has 0 spiro atoms. The fourth-order valence-electron chi connectivity index (χ4n) is 1.97. The van der Waals surface area contributed by atoms with Gasteiger partial charge in [0.1, 0.15) is 0 Å². The molecule has 0 fully saturated rings. The van der Waals surface area contributed by atoms with Crippen molar-refractivity contribution in [3.05, 3.63) is 42.2 Å². The maximum atomic E-state index is 12.9. The Kier molecular flexibility index (Phi) is 5.59. The van der Waals surface area contributed by atoms with Gasteiger partial charge in [-0.15, -0.1) is 0 Å². The quantitative estimate of drug-likeness (QED) is 0.637. The number of alkyl halides is 3. The SMILES string of the molecule is CCCCNC(=S)Nc1cc(C(F)(F)F)ccc1-n1cccn1. The number of thiocarbonyl (C=S) groups is 1. The lowest BCUT2D eigenvalue weighted by Gasteiger charge is -2.16. The summed E-state index contributed by atoms with van der Waals surface area (Å²) in [5.41, 5.74) is -0.00701. The summed E-state index contributed by atoms with van der Waals surface area (Å²) in [5, 5.41) is 10.1. The highest BCUT2D eigenvalue weighted by atomic mass is 32.1. The number of nitrogens with one attached hydrogen (secondary N) is 2. The zero-order valence-electron chi connectivity index (χ0n) is 12.5. The number of nitrogens with zero attached hydrogens (tertiary/aromatic N) is 2. The molecule has 1 heterocycles. The molecule has 2 N–H and O–H groups in total. The van der Waals surface area contributed by atoms with Crippen LogP contribution in [0.25, 0.3) is 5.69 Å². The Morgan fingerprint density at radius 2 is 2.13 bits per heavy atom. The average molecular weight is 342 g/mol. The van der Waals surface area contributed by atoms with Crippen LogP contribution in [0.15, 0.2) is 36.7 Å². The van der Waals surface area contributed by atoms with Crippen molar-refractivity contribution < 1.29 is 13.2 Å². The first-order valence-electron chi connectivity index (χ1n) is 7.18. The molecule has 0 unspecified atom stereocenters. The predicted octanol–water partition coefficient (Wildman–Crippen LogP) is 3.98. The minimum Gasteiger partial charge on any atom is -0.362 e. The van der Waals surface area contributed by atoms with E-state index in [1.54, 1.807) is 18.5 Å². The number of halogens is 3. The first kappa shape index (κ1) is 17.3. The number of hydrogen-bond donors (Lipinski definition) is 2. The molecule has 0 saturated heterocycles. The van der Waals surface area contributed by atoms with Crippen molar-refractivity contribution >= 4 is 23.0 Å². The van der Waals surface area contributed by atoms with Gasteiger partial charge < -0.3 is 10.6 Å². The molecule has 0 radical (unpaired) electrons. The molecule has 1 aromatic carbocycles. The average Bonchev–Trinajstić information content (AvgIpc) is 3.00. The molecule has 0 saturated carbocycles. The molecule has 0 atom stereocenters. The first-order chi connectivity index (χ1) is 10.9.